The Labute approximate surface area is 106 Å². The van der Waals surface area contributed by atoms with E-state index in [1.165, 1.54) is 10.6 Å². The molecule has 18 heavy (non-hydrogen) atoms. The first-order chi connectivity index (χ1) is 8.65. The monoisotopic (exact) mass is 253 g/mol. The number of nitrogens with zero attached hydrogens (tertiary/aromatic N) is 1. The zero-order chi connectivity index (χ0) is 13.4. The van der Waals surface area contributed by atoms with Crippen LogP contribution in [0, 0.1) is 0 Å². The molecule has 3 N–H and O–H groups in total. The van der Waals surface area contributed by atoms with Crippen molar-refractivity contribution in [3.63, 3.8) is 0 Å². The van der Waals surface area contributed by atoms with E-state index in [-0.39, 0.29) is 18.1 Å². The number of amides is 1. The second-order valence-electron chi connectivity index (χ2n) is 3.88. The second kappa shape index (κ2) is 7.50. The molecule has 1 aromatic rings. The topological polar surface area (TPSA) is 83.4 Å². The maximum absolute atomic E-state index is 11.6. The SMILES string of the molecule is CCNCCCNC(=O)Cn1cccc1C(=O)O. The number of aromatic carboxylic acids is 1. The Kier molecular flexibility index (Phi) is 5.93. The number of hydrogen-bond acceptors (Lipinski definition) is 3. The van der Waals surface area contributed by atoms with Crippen LogP contribution in [0.25, 0.3) is 0 Å². The van der Waals surface area contributed by atoms with Crippen LogP contribution in [0.2, 0.25) is 0 Å². The summed E-state index contributed by atoms with van der Waals surface area (Å²) in [6.45, 7) is 4.43. The van der Waals surface area contributed by atoms with E-state index in [9.17, 15) is 9.59 Å². The smallest absolute Gasteiger partial charge is 0.352 e. The van der Waals surface area contributed by atoms with Gasteiger partial charge in [-0.2, -0.15) is 0 Å². The lowest BCUT2D eigenvalue weighted by atomic mass is 10.4. The summed E-state index contributed by atoms with van der Waals surface area (Å²) < 4.78 is 1.42. The highest BCUT2D eigenvalue weighted by Crippen LogP contribution is 2.01. The molecule has 0 bridgehead atoms. The Bertz CT molecular complexity index is 401. The third kappa shape index (κ3) is 4.58. The number of carbonyl (C=O) groups is 2. The van der Waals surface area contributed by atoms with Gasteiger partial charge in [0, 0.05) is 12.7 Å². The van der Waals surface area contributed by atoms with Crippen LogP contribution in [-0.4, -0.2) is 41.2 Å². The lowest BCUT2D eigenvalue weighted by molar-refractivity contribution is -0.121. The summed E-state index contributed by atoms with van der Waals surface area (Å²) in [5.74, 6) is -1.20. The van der Waals surface area contributed by atoms with Gasteiger partial charge in [0.1, 0.15) is 12.2 Å². The minimum absolute atomic E-state index is 0.0375. The van der Waals surface area contributed by atoms with Crippen LogP contribution in [0.1, 0.15) is 23.8 Å². The molecule has 0 unspecified atom stereocenters. The van der Waals surface area contributed by atoms with Crippen LogP contribution in [0.15, 0.2) is 18.3 Å². The lowest BCUT2D eigenvalue weighted by Gasteiger charge is -2.08. The average molecular weight is 253 g/mol. The molecule has 0 aliphatic heterocycles. The van der Waals surface area contributed by atoms with Gasteiger partial charge in [-0.05, 0) is 31.6 Å². The zero-order valence-electron chi connectivity index (χ0n) is 10.5. The lowest BCUT2D eigenvalue weighted by Crippen LogP contribution is -2.30. The van der Waals surface area contributed by atoms with Gasteiger partial charge in [-0.25, -0.2) is 4.79 Å². The van der Waals surface area contributed by atoms with Crippen molar-refractivity contribution in [2.45, 2.75) is 19.9 Å². The summed E-state index contributed by atoms with van der Waals surface area (Å²) in [6.07, 6.45) is 2.44. The van der Waals surface area contributed by atoms with Gasteiger partial charge in [0.05, 0.1) is 0 Å². The van der Waals surface area contributed by atoms with Crippen LogP contribution >= 0.6 is 0 Å². The predicted octanol–water partition coefficient (Wildman–Crippen LogP) is 0.302. The predicted molar refractivity (Wildman–Crippen MR) is 67.6 cm³/mol. The quantitative estimate of drug-likeness (QED) is 0.582. The molecular weight excluding hydrogens is 234 g/mol. The Morgan fingerprint density at radius 2 is 2.17 bits per heavy atom. The van der Waals surface area contributed by atoms with E-state index in [4.69, 9.17) is 5.11 Å². The van der Waals surface area contributed by atoms with Crippen LogP contribution in [0.3, 0.4) is 0 Å². The van der Waals surface area contributed by atoms with Gasteiger partial charge in [-0.15, -0.1) is 0 Å². The first-order valence-corrected chi connectivity index (χ1v) is 6.01. The normalized spacial score (nSPS) is 10.3. The molecule has 0 aliphatic carbocycles. The van der Waals surface area contributed by atoms with Crippen molar-refractivity contribution in [2.24, 2.45) is 0 Å². The molecule has 1 amide bonds. The Morgan fingerprint density at radius 3 is 2.83 bits per heavy atom. The second-order valence-corrected chi connectivity index (χ2v) is 3.88. The largest absolute Gasteiger partial charge is 0.477 e. The molecule has 1 rings (SSSR count). The van der Waals surface area contributed by atoms with Crippen molar-refractivity contribution in [3.05, 3.63) is 24.0 Å². The number of hydrogen-bond donors (Lipinski definition) is 3. The van der Waals surface area contributed by atoms with Crippen molar-refractivity contribution in [3.8, 4) is 0 Å². The highest BCUT2D eigenvalue weighted by molar-refractivity contribution is 5.86. The van der Waals surface area contributed by atoms with Crippen molar-refractivity contribution in [1.29, 1.82) is 0 Å². The molecule has 0 saturated carbocycles. The zero-order valence-corrected chi connectivity index (χ0v) is 10.5. The Balaban J connectivity index is 2.31. The van der Waals surface area contributed by atoms with E-state index in [2.05, 4.69) is 10.6 Å². The fraction of sp³-hybridized carbons (Fsp3) is 0.500. The first kappa shape index (κ1) is 14.2. The summed E-state index contributed by atoms with van der Waals surface area (Å²) in [7, 11) is 0. The standard InChI is InChI=1S/C12H19N3O3/c1-2-13-6-4-7-14-11(16)9-15-8-3-5-10(15)12(17)18/h3,5,8,13H,2,4,6-7,9H2,1H3,(H,14,16)(H,17,18). The molecule has 0 saturated heterocycles. The van der Waals surface area contributed by atoms with Crippen molar-refractivity contribution in [1.82, 2.24) is 15.2 Å². The summed E-state index contributed by atoms with van der Waals surface area (Å²) in [6, 6.07) is 3.09. The Hall–Kier alpha value is -1.82. The van der Waals surface area contributed by atoms with Crippen LogP contribution in [-0.2, 0) is 11.3 Å². The van der Waals surface area contributed by atoms with Crippen molar-refractivity contribution < 1.29 is 14.7 Å². The minimum atomic E-state index is -1.03. The maximum atomic E-state index is 11.6. The van der Waals surface area contributed by atoms with E-state index in [0.29, 0.717) is 6.54 Å². The first-order valence-electron chi connectivity index (χ1n) is 6.01. The molecule has 6 nitrogen and oxygen atoms in total. The van der Waals surface area contributed by atoms with E-state index in [1.807, 2.05) is 6.92 Å². The molecular formula is C12H19N3O3. The highest BCUT2D eigenvalue weighted by Gasteiger charge is 2.10. The molecule has 0 radical (unpaired) electrons. The number of carboxylic acid groups (broad SMARTS) is 1. The third-order valence-electron chi connectivity index (χ3n) is 2.47. The van der Waals surface area contributed by atoms with E-state index in [1.54, 1.807) is 12.3 Å². The molecule has 0 aromatic carbocycles. The molecule has 0 atom stereocenters. The van der Waals surface area contributed by atoms with Gasteiger partial charge in [-0.3, -0.25) is 4.79 Å². The number of carboxylic acids is 1. The summed E-state index contributed by atoms with van der Waals surface area (Å²) in [5.41, 5.74) is 0.123. The van der Waals surface area contributed by atoms with E-state index in [0.717, 1.165) is 19.5 Å². The van der Waals surface area contributed by atoms with Crippen molar-refractivity contribution in [2.75, 3.05) is 19.6 Å². The maximum Gasteiger partial charge on any atom is 0.352 e. The van der Waals surface area contributed by atoms with Crippen LogP contribution in [0.5, 0.6) is 0 Å². The van der Waals surface area contributed by atoms with Crippen molar-refractivity contribution >= 4 is 11.9 Å². The average Bonchev–Trinajstić information content (AvgIpc) is 2.77. The molecule has 6 heteroatoms. The van der Waals surface area contributed by atoms with Crippen LogP contribution < -0.4 is 10.6 Å². The molecule has 100 valence electrons. The molecule has 0 fully saturated rings. The Morgan fingerprint density at radius 1 is 1.39 bits per heavy atom. The van der Waals surface area contributed by atoms with Gasteiger partial charge >= 0.3 is 5.97 Å². The fourth-order valence-corrected chi connectivity index (χ4v) is 1.57. The van der Waals surface area contributed by atoms with Gasteiger partial charge < -0.3 is 20.3 Å². The number of nitrogens with one attached hydrogen (secondary N) is 2. The van der Waals surface area contributed by atoms with Gasteiger partial charge in [0.15, 0.2) is 0 Å². The molecule has 1 heterocycles. The third-order valence-corrected chi connectivity index (χ3v) is 2.47. The van der Waals surface area contributed by atoms with Gasteiger partial charge in [-0.1, -0.05) is 6.92 Å². The summed E-state index contributed by atoms with van der Waals surface area (Å²) in [4.78, 5) is 22.4. The highest BCUT2D eigenvalue weighted by atomic mass is 16.4. The van der Waals surface area contributed by atoms with Gasteiger partial charge in [0.2, 0.25) is 5.91 Å². The van der Waals surface area contributed by atoms with E-state index < -0.39 is 5.97 Å². The summed E-state index contributed by atoms with van der Waals surface area (Å²) in [5, 5.41) is 14.8. The molecule has 0 aliphatic rings. The number of rotatable bonds is 8. The molecule has 1 aromatic heterocycles. The fourth-order valence-electron chi connectivity index (χ4n) is 1.57. The van der Waals surface area contributed by atoms with Gasteiger partial charge in [0.25, 0.3) is 0 Å². The molecule has 0 spiro atoms. The number of carbonyl (C=O) groups excluding carboxylic acids is 1. The van der Waals surface area contributed by atoms with E-state index >= 15 is 0 Å². The number of aromatic nitrogens is 1. The summed E-state index contributed by atoms with van der Waals surface area (Å²) >= 11 is 0. The minimum Gasteiger partial charge on any atom is -0.477 e. The van der Waals surface area contributed by atoms with Crippen LogP contribution in [0.4, 0.5) is 0 Å².